The lowest BCUT2D eigenvalue weighted by Gasteiger charge is -2.03. The van der Waals surface area contributed by atoms with Gasteiger partial charge in [-0.1, -0.05) is 12.1 Å². The molecule has 0 aromatic carbocycles. The lowest BCUT2D eigenvalue weighted by atomic mass is 10.2. The Labute approximate surface area is 108 Å². The lowest BCUT2D eigenvalue weighted by Crippen LogP contribution is -2.02. The molecular weight excluding hydrogens is 200 g/mol. The summed E-state index contributed by atoms with van der Waals surface area (Å²) in [5, 5.41) is 0. The molecule has 0 atom stereocenters. The third-order valence-electron chi connectivity index (χ3n) is 1.67. The van der Waals surface area contributed by atoms with Crippen LogP contribution < -0.4 is 11.5 Å². The van der Waals surface area contributed by atoms with Gasteiger partial charge in [0.15, 0.2) is 0 Å². The fraction of sp³-hybridized carbons (Fsp3) is 0.167. The summed E-state index contributed by atoms with van der Waals surface area (Å²) in [6.45, 7) is -5.25. The minimum atomic E-state index is -2.62. The third kappa shape index (κ3) is 2.24. The average molecular weight is 224 g/mol. The van der Waals surface area contributed by atoms with Crippen molar-refractivity contribution in [1.29, 1.82) is 0 Å². The molecule has 0 aliphatic rings. The molecule has 0 saturated carbocycles. The van der Waals surface area contributed by atoms with Crippen LogP contribution in [0.1, 0.15) is 25.1 Å². The second-order valence-corrected chi connectivity index (χ2v) is 2.66. The molecule has 0 radical (unpaired) electrons. The lowest BCUT2D eigenvalue weighted by molar-refractivity contribution is 0.973. The van der Waals surface area contributed by atoms with Gasteiger partial charge in [0, 0.05) is 18.5 Å². The Balaban J connectivity index is 2.93. The maximum atomic E-state index is 7.93. The van der Waals surface area contributed by atoms with Crippen LogP contribution in [-0.4, -0.2) is 9.97 Å². The molecule has 0 spiro atoms. The topological polar surface area (TPSA) is 77.8 Å². The van der Waals surface area contributed by atoms with Crippen molar-refractivity contribution in [3.63, 3.8) is 0 Å². The maximum absolute atomic E-state index is 7.93. The van der Waals surface area contributed by atoms with Crippen LogP contribution in [-0.2, 0) is 13.0 Å². The van der Waals surface area contributed by atoms with Gasteiger partial charge in [0.05, 0.1) is 31.0 Å². The number of aromatic nitrogens is 2. The highest BCUT2D eigenvalue weighted by Gasteiger charge is 2.02. The summed E-state index contributed by atoms with van der Waals surface area (Å²) in [4.78, 5) is 7.49. The van der Waals surface area contributed by atoms with Crippen LogP contribution in [0.2, 0.25) is 0 Å². The summed E-state index contributed by atoms with van der Waals surface area (Å²) < 4.78 is 76.9. The van der Waals surface area contributed by atoms with E-state index < -0.39 is 72.0 Å². The first-order chi connectivity index (χ1) is 11.7. The molecule has 2 aromatic rings. The van der Waals surface area contributed by atoms with Crippen molar-refractivity contribution in [1.82, 2.24) is 9.97 Å². The fourth-order valence-corrected chi connectivity index (χ4v) is 0.996. The Kier molecular flexibility index (Phi) is 1.18. The minimum absolute atomic E-state index is 0.528. The molecule has 82 valence electrons. The van der Waals surface area contributed by atoms with E-state index in [1.165, 1.54) is 0 Å². The SMILES string of the molecule is [2H]c1c(-c2nc(C([2H])([2H])N)c([2H])c([2H])c2[2H])nc(C([2H])([2H])N)c([2H])c1[2H]. The van der Waals surface area contributed by atoms with Gasteiger partial charge in [-0.25, -0.2) is 9.97 Å². The smallest absolute Gasteiger partial charge is 0.0890 e. The Morgan fingerprint density at radius 2 is 1.38 bits per heavy atom. The Bertz CT molecular complexity index is 814. The largest absolute Gasteiger partial charge is 0.325 e. The van der Waals surface area contributed by atoms with E-state index in [0.717, 1.165) is 0 Å². The number of hydrogen-bond acceptors (Lipinski definition) is 4. The van der Waals surface area contributed by atoms with E-state index in [4.69, 9.17) is 25.2 Å². The standard InChI is InChI=1S/C12H14N4/c13-7-9-3-1-5-11(15-9)12-6-2-4-10(8-14)16-12/h1-6H,7-8,13-14H2/i1D,2D,3D,4D,5D,6D,7D2,8D2. The van der Waals surface area contributed by atoms with Gasteiger partial charge in [-0.05, 0) is 24.2 Å². The number of pyridine rings is 2. The van der Waals surface area contributed by atoms with Gasteiger partial charge in [0.25, 0.3) is 0 Å². The Hall–Kier alpha value is -1.78. The van der Waals surface area contributed by atoms with Gasteiger partial charge in [0.2, 0.25) is 0 Å². The molecule has 0 unspecified atom stereocenters. The predicted molar refractivity (Wildman–Crippen MR) is 63.3 cm³/mol. The second-order valence-electron chi connectivity index (χ2n) is 2.66. The summed E-state index contributed by atoms with van der Waals surface area (Å²) in [7, 11) is 0. The zero-order chi connectivity index (χ0) is 20.2. The number of hydrogen-bond donors (Lipinski definition) is 2. The van der Waals surface area contributed by atoms with Crippen molar-refractivity contribution >= 4 is 0 Å². The van der Waals surface area contributed by atoms with Crippen LogP contribution in [0.15, 0.2) is 36.3 Å². The van der Waals surface area contributed by atoms with E-state index >= 15 is 0 Å². The fourth-order valence-electron chi connectivity index (χ4n) is 0.996. The van der Waals surface area contributed by atoms with Gasteiger partial charge in [0.1, 0.15) is 0 Å². The summed E-state index contributed by atoms with van der Waals surface area (Å²) in [6.07, 6.45) is 0. The van der Waals surface area contributed by atoms with Crippen molar-refractivity contribution in [2.45, 2.75) is 13.0 Å². The van der Waals surface area contributed by atoms with E-state index in [-0.39, 0.29) is 0 Å². The van der Waals surface area contributed by atoms with Crippen LogP contribution in [0.5, 0.6) is 0 Å². The summed E-state index contributed by atoms with van der Waals surface area (Å²) in [5.74, 6) is 0. The van der Waals surface area contributed by atoms with Crippen molar-refractivity contribution in [2.75, 3.05) is 0 Å². The van der Waals surface area contributed by atoms with Crippen molar-refractivity contribution in [3.8, 4) is 11.4 Å². The molecule has 0 bridgehead atoms. The van der Waals surface area contributed by atoms with Crippen LogP contribution >= 0.6 is 0 Å². The highest BCUT2D eigenvalue weighted by molar-refractivity contribution is 5.54. The molecule has 0 amide bonds. The van der Waals surface area contributed by atoms with Crippen LogP contribution in [0.4, 0.5) is 0 Å². The molecular formula is C12H14N4. The van der Waals surface area contributed by atoms with Gasteiger partial charge in [-0.3, -0.25) is 0 Å². The molecule has 4 heteroatoms. The molecule has 0 fully saturated rings. The summed E-state index contributed by atoms with van der Waals surface area (Å²) in [5.41, 5.74) is 8.21. The zero-order valence-corrected chi connectivity index (χ0v) is 8.05. The summed E-state index contributed by atoms with van der Waals surface area (Å²) >= 11 is 0. The quantitative estimate of drug-likeness (QED) is 0.817. The number of nitrogens with zero attached hydrogens (tertiary/aromatic N) is 2. The van der Waals surface area contributed by atoms with E-state index in [0.29, 0.717) is 0 Å². The molecule has 2 heterocycles. The number of nitrogens with two attached hydrogens (primary N) is 2. The van der Waals surface area contributed by atoms with E-state index in [9.17, 15) is 0 Å². The second kappa shape index (κ2) is 4.83. The highest BCUT2D eigenvalue weighted by Crippen LogP contribution is 2.14. The molecule has 0 aliphatic heterocycles. The average Bonchev–Trinajstić information content (AvgIpc) is 2.49. The first-order valence-electron chi connectivity index (χ1n) is 9.22. The molecule has 4 nitrogen and oxygen atoms in total. The van der Waals surface area contributed by atoms with Gasteiger partial charge in [-0.15, -0.1) is 0 Å². The number of rotatable bonds is 3. The van der Waals surface area contributed by atoms with Crippen LogP contribution in [0.3, 0.4) is 0 Å². The molecule has 4 N–H and O–H groups in total. The Morgan fingerprint density at radius 3 is 1.75 bits per heavy atom. The molecule has 0 saturated heterocycles. The predicted octanol–water partition coefficient (Wildman–Crippen LogP) is 1.06. The molecule has 2 rings (SSSR count). The molecule has 2 aromatic heterocycles. The van der Waals surface area contributed by atoms with E-state index in [2.05, 4.69) is 9.97 Å². The highest BCUT2D eigenvalue weighted by atomic mass is 14.8. The summed E-state index contributed by atoms with van der Waals surface area (Å²) in [6, 6.07) is -4.22. The maximum Gasteiger partial charge on any atom is 0.0890 e. The van der Waals surface area contributed by atoms with Gasteiger partial charge >= 0.3 is 0 Å². The van der Waals surface area contributed by atoms with Crippen molar-refractivity contribution in [2.24, 2.45) is 11.5 Å². The Morgan fingerprint density at radius 1 is 0.938 bits per heavy atom. The molecule has 16 heavy (non-hydrogen) atoms. The van der Waals surface area contributed by atoms with Gasteiger partial charge in [-0.2, -0.15) is 0 Å². The first kappa shape index (κ1) is 3.91. The zero-order valence-electron chi connectivity index (χ0n) is 18.0. The molecule has 0 aliphatic carbocycles. The van der Waals surface area contributed by atoms with Crippen LogP contribution in [0.25, 0.3) is 11.4 Å². The van der Waals surface area contributed by atoms with E-state index in [1.807, 2.05) is 0 Å². The normalized spacial score (nSPS) is 21.1. The van der Waals surface area contributed by atoms with E-state index in [1.54, 1.807) is 0 Å². The van der Waals surface area contributed by atoms with Crippen LogP contribution in [0, 0.1) is 0 Å². The van der Waals surface area contributed by atoms with Gasteiger partial charge < -0.3 is 11.5 Å². The van der Waals surface area contributed by atoms with Crippen molar-refractivity contribution < 1.29 is 13.7 Å². The third-order valence-corrected chi connectivity index (χ3v) is 1.67. The first-order valence-corrected chi connectivity index (χ1v) is 4.22. The monoisotopic (exact) mass is 224 g/mol. The minimum Gasteiger partial charge on any atom is -0.325 e. The van der Waals surface area contributed by atoms with Crippen molar-refractivity contribution in [3.05, 3.63) is 47.6 Å².